The van der Waals surface area contributed by atoms with Crippen LogP contribution >= 0.6 is 23.3 Å². The van der Waals surface area contributed by atoms with E-state index >= 15 is 0 Å². The van der Waals surface area contributed by atoms with E-state index in [2.05, 4.69) is 41.8 Å². The van der Waals surface area contributed by atoms with Gasteiger partial charge in [0.15, 0.2) is 4.34 Å². The molecule has 0 aliphatic heterocycles. The van der Waals surface area contributed by atoms with E-state index in [9.17, 15) is 0 Å². The lowest BCUT2D eigenvalue weighted by molar-refractivity contribution is 0.630. The predicted octanol–water partition coefficient (Wildman–Crippen LogP) is 5.17. The molecular formula is C15H22N2S2. The van der Waals surface area contributed by atoms with Gasteiger partial charge in [0.05, 0.1) is 10.2 Å². The van der Waals surface area contributed by atoms with Crippen LogP contribution in [0.5, 0.6) is 0 Å². The fourth-order valence-electron chi connectivity index (χ4n) is 2.02. The highest BCUT2D eigenvalue weighted by atomic mass is 32.2. The van der Waals surface area contributed by atoms with Gasteiger partial charge in [0.2, 0.25) is 0 Å². The van der Waals surface area contributed by atoms with E-state index < -0.39 is 0 Å². The van der Waals surface area contributed by atoms with E-state index in [0.717, 1.165) is 16.4 Å². The summed E-state index contributed by atoms with van der Waals surface area (Å²) in [5.74, 6) is 0. The molecule has 0 spiro atoms. The second-order valence-corrected chi connectivity index (χ2v) is 6.98. The normalized spacial score (nSPS) is 11.3. The third kappa shape index (κ3) is 4.48. The quantitative estimate of drug-likeness (QED) is 0.537. The minimum atomic E-state index is 1.07. The molecule has 0 amide bonds. The van der Waals surface area contributed by atoms with Gasteiger partial charge >= 0.3 is 0 Å². The fraction of sp³-hybridized carbons (Fsp3) is 0.533. The molecule has 0 saturated carbocycles. The van der Waals surface area contributed by atoms with Crippen LogP contribution in [0.3, 0.4) is 0 Å². The first-order chi connectivity index (χ1) is 9.31. The monoisotopic (exact) mass is 294 g/mol. The van der Waals surface area contributed by atoms with Gasteiger partial charge in [0.1, 0.15) is 0 Å². The van der Waals surface area contributed by atoms with E-state index in [-0.39, 0.29) is 0 Å². The Balaban J connectivity index is 1.74. The zero-order valence-electron chi connectivity index (χ0n) is 11.7. The Morgan fingerprint density at radius 1 is 1.21 bits per heavy atom. The summed E-state index contributed by atoms with van der Waals surface area (Å²) in [5.41, 5.74) is 2.42. The van der Waals surface area contributed by atoms with Gasteiger partial charge in [-0.3, -0.25) is 4.72 Å². The summed E-state index contributed by atoms with van der Waals surface area (Å²) in [4.78, 5) is 4.68. The molecule has 0 fully saturated rings. The minimum absolute atomic E-state index is 1.07. The average molecular weight is 294 g/mol. The van der Waals surface area contributed by atoms with E-state index in [1.54, 1.807) is 23.3 Å². The Morgan fingerprint density at radius 2 is 2.05 bits per heavy atom. The van der Waals surface area contributed by atoms with Crippen molar-refractivity contribution in [1.29, 1.82) is 0 Å². The summed E-state index contributed by atoms with van der Waals surface area (Å²) >= 11 is 3.45. The molecule has 1 heterocycles. The van der Waals surface area contributed by atoms with Crippen molar-refractivity contribution in [3.05, 3.63) is 23.8 Å². The maximum Gasteiger partial charge on any atom is 0.166 e. The molecule has 0 aliphatic carbocycles. The zero-order valence-corrected chi connectivity index (χ0v) is 13.4. The van der Waals surface area contributed by atoms with E-state index in [0.29, 0.717) is 0 Å². The Labute approximate surface area is 124 Å². The third-order valence-corrected chi connectivity index (χ3v) is 5.07. The average Bonchev–Trinajstić information content (AvgIpc) is 2.82. The largest absolute Gasteiger partial charge is 0.258 e. The maximum atomic E-state index is 4.68. The van der Waals surface area contributed by atoms with E-state index in [1.165, 1.54) is 42.4 Å². The van der Waals surface area contributed by atoms with Crippen LogP contribution in [0.1, 0.15) is 44.6 Å². The minimum Gasteiger partial charge on any atom is -0.258 e. The van der Waals surface area contributed by atoms with Crippen molar-refractivity contribution < 1.29 is 0 Å². The number of hydrogen-bond acceptors (Lipinski definition) is 4. The van der Waals surface area contributed by atoms with Crippen LogP contribution in [-0.2, 0) is 0 Å². The topological polar surface area (TPSA) is 24.9 Å². The summed E-state index contributed by atoms with van der Waals surface area (Å²) in [5, 5.41) is 0. The van der Waals surface area contributed by atoms with Gasteiger partial charge < -0.3 is 0 Å². The Hall–Kier alpha value is -0.580. The Morgan fingerprint density at radius 3 is 2.84 bits per heavy atom. The summed E-state index contributed by atoms with van der Waals surface area (Å²) < 4.78 is 5.83. The van der Waals surface area contributed by atoms with Crippen molar-refractivity contribution >= 4 is 33.5 Å². The SMILES string of the molecule is CCCCCCCNSc1nc2c(C)cccc2s1. The second-order valence-electron chi connectivity index (χ2n) is 4.81. The Bertz CT molecular complexity index is 508. The third-order valence-electron chi connectivity index (χ3n) is 3.14. The highest BCUT2D eigenvalue weighted by Crippen LogP contribution is 2.29. The molecule has 1 N–H and O–H groups in total. The molecule has 1 aromatic heterocycles. The van der Waals surface area contributed by atoms with Crippen molar-refractivity contribution in [2.24, 2.45) is 0 Å². The van der Waals surface area contributed by atoms with Gasteiger partial charge in [0.25, 0.3) is 0 Å². The van der Waals surface area contributed by atoms with Gasteiger partial charge in [-0.25, -0.2) is 4.98 Å². The summed E-state index contributed by atoms with van der Waals surface area (Å²) in [6.45, 7) is 5.45. The smallest absolute Gasteiger partial charge is 0.166 e. The molecule has 104 valence electrons. The first-order valence-corrected chi connectivity index (χ1v) is 8.70. The van der Waals surface area contributed by atoms with Crippen LogP contribution in [0, 0.1) is 6.92 Å². The molecule has 0 unspecified atom stereocenters. The lowest BCUT2D eigenvalue weighted by Gasteiger charge is -2.01. The number of benzene rings is 1. The van der Waals surface area contributed by atoms with E-state index in [4.69, 9.17) is 0 Å². The molecule has 1 aromatic carbocycles. The molecule has 0 aliphatic rings. The number of nitrogens with zero attached hydrogens (tertiary/aromatic N) is 1. The van der Waals surface area contributed by atoms with Crippen molar-refractivity contribution in [3.8, 4) is 0 Å². The molecule has 19 heavy (non-hydrogen) atoms. The molecule has 0 bridgehead atoms. The molecule has 0 radical (unpaired) electrons. The van der Waals surface area contributed by atoms with Crippen LogP contribution in [-0.4, -0.2) is 11.5 Å². The van der Waals surface area contributed by atoms with Gasteiger partial charge in [0, 0.05) is 6.54 Å². The van der Waals surface area contributed by atoms with Crippen molar-refractivity contribution in [1.82, 2.24) is 9.71 Å². The molecule has 0 atom stereocenters. The number of unbranched alkanes of at least 4 members (excludes halogenated alkanes) is 4. The molecule has 0 saturated heterocycles. The number of aromatic nitrogens is 1. The van der Waals surface area contributed by atoms with Crippen LogP contribution < -0.4 is 4.72 Å². The molecule has 4 heteroatoms. The lowest BCUT2D eigenvalue weighted by Crippen LogP contribution is -2.04. The number of rotatable bonds is 8. The fourth-order valence-corrected chi connectivity index (χ4v) is 3.92. The van der Waals surface area contributed by atoms with Crippen LogP contribution in [0.15, 0.2) is 22.5 Å². The van der Waals surface area contributed by atoms with Crippen LogP contribution in [0.25, 0.3) is 10.2 Å². The van der Waals surface area contributed by atoms with Crippen LogP contribution in [0.2, 0.25) is 0 Å². The predicted molar refractivity (Wildman–Crippen MR) is 87.0 cm³/mol. The van der Waals surface area contributed by atoms with Gasteiger partial charge in [-0.15, -0.1) is 11.3 Å². The number of nitrogens with one attached hydrogen (secondary N) is 1. The van der Waals surface area contributed by atoms with Crippen LogP contribution in [0.4, 0.5) is 0 Å². The van der Waals surface area contributed by atoms with Gasteiger partial charge in [-0.1, -0.05) is 44.7 Å². The number of para-hydroxylation sites is 1. The molecule has 2 aromatic rings. The number of thiazole rings is 1. The first-order valence-electron chi connectivity index (χ1n) is 7.07. The molecular weight excluding hydrogens is 272 g/mol. The van der Waals surface area contributed by atoms with Crippen molar-refractivity contribution in [2.45, 2.75) is 50.3 Å². The summed E-state index contributed by atoms with van der Waals surface area (Å²) in [6.07, 6.45) is 6.64. The van der Waals surface area contributed by atoms with Gasteiger partial charge in [-0.05, 0) is 36.9 Å². The standard InChI is InChI=1S/C15H22N2S2/c1-3-4-5-6-7-11-16-19-15-17-14-12(2)9-8-10-13(14)18-15/h8-10,16H,3-7,11H2,1-2H3. The maximum absolute atomic E-state index is 4.68. The summed E-state index contributed by atoms with van der Waals surface area (Å²) in [7, 11) is 0. The highest BCUT2D eigenvalue weighted by Gasteiger charge is 2.05. The highest BCUT2D eigenvalue weighted by molar-refractivity contribution is 7.99. The summed E-state index contributed by atoms with van der Waals surface area (Å²) in [6, 6.07) is 6.37. The second kappa shape index (κ2) is 7.88. The zero-order chi connectivity index (χ0) is 13.5. The first kappa shape index (κ1) is 14.8. The number of aryl methyl sites for hydroxylation is 1. The van der Waals surface area contributed by atoms with Gasteiger partial charge in [-0.2, -0.15) is 0 Å². The van der Waals surface area contributed by atoms with Crippen molar-refractivity contribution in [2.75, 3.05) is 6.54 Å². The van der Waals surface area contributed by atoms with Crippen molar-refractivity contribution in [3.63, 3.8) is 0 Å². The number of hydrogen-bond donors (Lipinski definition) is 1. The number of fused-ring (bicyclic) bond motifs is 1. The molecule has 2 rings (SSSR count). The lowest BCUT2D eigenvalue weighted by atomic mass is 10.2. The Kier molecular flexibility index (Phi) is 6.14. The molecule has 2 nitrogen and oxygen atoms in total. The van der Waals surface area contributed by atoms with E-state index in [1.807, 2.05) is 0 Å².